The van der Waals surface area contributed by atoms with Crippen molar-refractivity contribution in [3.8, 4) is 17.2 Å². The fourth-order valence-electron chi connectivity index (χ4n) is 2.32. The number of hydrogen-bond donors (Lipinski definition) is 0. The summed E-state index contributed by atoms with van der Waals surface area (Å²) in [6.45, 7) is 1.98. The van der Waals surface area contributed by atoms with Crippen molar-refractivity contribution in [2.75, 3.05) is 14.2 Å². The highest BCUT2D eigenvalue weighted by molar-refractivity contribution is 5.80. The van der Waals surface area contributed by atoms with Gasteiger partial charge in [-0.1, -0.05) is 0 Å². The smallest absolute Gasteiger partial charge is 0.167 e. The molecule has 3 rings (SSSR count). The summed E-state index contributed by atoms with van der Waals surface area (Å²) in [6.07, 6.45) is 1.85. The summed E-state index contributed by atoms with van der Waals surface area (Å²) in [4.78, 5) is 0. The van der Waals surface area contributed by atoms with E-state index in [0.717, 1.165) is 22.4 Å². The van der Waals surface area contributed by atoms with Gasteiger partial charge in [0, 0.05) is 17.6 Å². The first kappa shape index (κ1) is 13.4. The van der Waals surface area contributed by atoms with Crippen LogP contribution in [0.15, 0.2) is 36.5 Å². The van der Waals surface area contributed by atoms with Gasteiger partial charge in [0.05, 0.1) is 25.4 Å². The lowest BCUT2D eigenvalue weighted by Gasteiger charge is -2.07. The number of methoxy groups -OCH3 is 2. The van der Waals surface area contributed by atoms with Gasteiger partial charge in [-0.2, -0.15) is 5.10 Å². The Hall–Kier alpha value is -2.56. The van der Waals surface area contributed by atoms with Crippen LogP contribution >= 0.6 is 0 Å². The molecule has 0 amide bonds. The molecule has 0 saturated carbocycles. The number of aryl methyl sites for hydroxylation is 1. The van der Waals surface area contributed by atoms with Gasteiger partial charge < -0.3 is 9.47 Å². The molecule has 4 nitrogen and oxygen atoms in total. The molecule has 1 aromatic heterocycles. The summed E-state index contributed by atoms with van der Waals surface area (Å²) >= 11 is 0. The molecule has 0 saturated heterocycles. The van der Waals surface area contributed by atoms with Gasteiger partial charge in [0.1, 0.15) is 5.75 Å². The quantitative estimate of drug-likeness (QED) is 0.739. The van der Waals surface area contributed by atoms with Crippen LogP contribution < -0.4 is 9.47 Å². The second-order valence-electron chi connectivity index (χ2n) is 4.77. The standard InChI is InChI=1S/C16H15FN2O2/c1-10-6-12(20-2)4-5-15(10)19-9-11-7-16(21-3)13(17)8-14(11)18-19/h4-9H,1-3H3. The van der Waals surface area contributed by atoms with Crippen LogP contribution in [-0.4, -0.2) is 24.0 Å². The highest BCUT2D eigenvalue weighted by Gasteiger charge is 2.10. The van der Waals surface area contributed by atoms with Crippen molar-refractivity contribution >= 4 is 10.9 Å². The second kappa shape index (κ2) is 5.09. The van der Waals surface area contributed by atoms with E-state index in [-0.39, 0.29) is 5.75 Å². The molecular weight excluding hydrogens is 271 g/mol. The number of aromatic nitrogens is 2. The Morgan fingerprint density at radius 3 is 2.57 bits per heavy atom. The van der Waals surface area contributed by atoms with Crippen LogP contribution in [0.3, 0.4) is 0 Å². The summed E-state index contributed by atoms with van der Waals surface area (Å²) in [5.41, 5.74) is 2.53. The Bertz CT molecular complexity index is 811. The SMILES string of the molecule is COc1ccc(-n2cc3cc(OC)c(F)cc3n2)c(C)c1. The Morgan fingerprint density at radius 1 is 1.10 bits per heavy atom. The molecule has 21 heavy (non-hydrogen) atoms. The highest BCUT2D eigenvalue weighted by Crippen LogP contribution is 2.26. The molecule has 1 heterocycles. The number of fused-ring (bicyclic) bond motifs is 1. The third-order valence-electron chi connectivity index (χ3n) is 3.43. The lowest BCUT2D eigenvalue weighted by molar-refractivity contribution is 0.387. The van der Waals surface area contributed by atoms with Gasteiger partial charge >= 0.3 is 0 Å². The largest absolute Gasteiger partial charge is 0.497 e. The molecule has 0 bridgehead atoms. The minimum absolute atomic E-state index is 0.216. The molecule has 0 aliphatic rings. The molecule has 0 aliphatic heterocycles. The Balaban J connectivity index is 2.13. The summed E-state index contributed by atoms with van der Waals surface area (Å²) in [5.74, 6) is 0.593. The van der Waals surface area contributed by atoms with Crippen molar-refractivity contribution in [1.29, 1.82) is 0 Å². The maximum absolute atomic E-state index is 13.7. The Kier molecular flexibility index (Phi) is 3.25. The molecule has 0 unspecified atom stereocenters. The average molecular weight is 286 g/mol. The van der Waals surface area contributed by atoms with Gasteiger partial charge in [-0.25, -0.2) is 9.07 Å². The topological polar surface area (TPSA) is 36.3 Å². The lowest BCUT2D eigenvalue weighted by atomic mass is 10.2. The van der Waals surface area contributed by atoms with E-state index in [2.05, 4.69) is 5.10 Å². The van der Waals surface area contributed by atoms with Gasteiger partial charge in [-0.3, -0.25) is 0 Å². The highest BCUT2D eigenvalue weighted by atomic mass is 19.1. The van der Waals surface area contributed by atoms with Crippen molar-refractivity contribution in [1.82, 2.24) is 9.78 Å². The molecule has 0 spiro atoms. The molecule has 0 fully saturated rings. The minimum Gasteiger partial charge on any atom is -0.497 e. The Labute approximate surface area is 121 Å². The first-order valence-corrected chi connectivity index (χ1v) is 6.50. The van der Waals surface area contributed by atoms with E-state index in [1.54, 1.807) is 17.9 Å². The van der Waals surface area contributed by atoms with Gasteiger partial charge in [0.15, 0.2) is 11.6 Å². The lowest BCUT2D eigenvalue weighted by Crippen LogP contribution is -1.97. The molecule has 0 N–H and O–H groups in total. The number of halogens is 1. The van der Waals surface area contributed by atoms with Crippen LogP contribution in [0.4, 0.5) is 4.39 Å². The number of ether oxygens (including phenoxy) is 2. The molecular formula is C16H15FN2O2. The molecule has 0 radical (unpaired) electrons. The molecule has 0 atom stereocenters. The van der Waals surface area contributed by atoms with Crippen molar-refractivity contribution in [2.24, 2.45) is 0 Å². The Morgan fingerprint density at radius 2 is 1.90 bits per heavy atom. The fourth-order valence-corrected chi connectivity index (χ4v) is 2.32. The zero-order valence-corrected chi connectivity index (χ0v) is 12.1. The zero-order chi connectivity index (χ0) is 15.0. The van der Waals surface area contributed by atoms with E-state index in [0.29, 0.717) is 5.52 Å². The predicted molar refractivity (Wildman–Crippen MR) is 78.9 cm³/mol. The predicted octanol–water partition coefficient (Wildman–Crippen LogP) is 3.49. The number of rotatable bonds is 3. The van der Waals surface area contributed by atoms with E-state index in [4.69, 9.17) is 9.47 Å². The van der Waals surface area contributed by atoms with Crippen LogP contribution in [-0.2, 0) is 0 Å². The van der Waals surface area contributed by atoms with Crippen molar-refractivity contribution in [3.63, 3.8) is 0 Å². The maximum Gasteiger partial charge on any atom is 0.167 e. The molecule has 0 aliphatic carbocycles. The van der Waals surface area contributed by atoms with E-state index >= 15 is 0 Å². The molecule has 108 valence electrons. The van der Waals surface area contributed by atoms with Crippen LogP contribution in [0, 0.1) is 12.7 Å². The summed E-state index contributed by atoms with van der Waals surface area (Å²) < 4.78 is 25.6. The number of nitrogens with zero attached hydrogens (tertiary/aromatic N) is 2. The third-order valence-corrected chi connectivity index (χ3v) is 3.43. The van der Waals surface area contributed by atoms with Crippen LogP contribution in [0.2, 0.25) is 0 Å². The molecule has 5 heteroatoms. The van der Waals surface area contributed by atoms with Gasteiger partial charge in [0.2, 0.25) is 0 Å². The first-order chi connectivity index (χ1) is 10.1. The van der Waals surface area contributed by atoms with Gasteiger partial charge in [0.25, 0.3) is 0 Å². The van der Waals surface area contributed by atoms with E-state index < -0.39 is 5.82 Å². The minimum atomic E-state index is -0.415. The van der Waals surface area contributed by atoms with Crippen molar-refractivity contribution < 1.29 is 13.9 Å². The van der Waals surface area contributed by atoms with Crippen molar-refractivity contribution in [3.05, 3.63) is 47.9 Å². The summed E-state index contributed by atoms with van der Waals surface area (Å²) in [6, 6.07) is 8.75. The van der Waals surface area contributed by atoms with E-state index in [1.165, 1.54) is 13.2 Å². The molecule has 2 aromatic carbocycles. The zero-order valence-electron chi connectivity index (χ0n) is 12.1. The fraction of sp³-hybridized carbons (Fsp3) is 0.188. The number of hydrogen-bond acceptors (Lipinski definition) is 3. The van der Waals surface area contributed by atoms with Gasteiger partial charge in [-0.15, -0.1) is 0 Å². The number of benzene rings is 2. The van der Waals surface area contributed by atoms with Gasteiger partial charge in [-0.05, 0) is 36.8 Å². The van der Waals surface area contributed by atoms with Crippen LogP contribution in [0.25, 0.3) is 16.6 Å². The van der Waals surface area contributed by atoms with Crippen molar-refractivity contribution in [2.45, 2.75) is 6.92 Å². The molecule has 3 aromatic rings. The maximum atomic E-state index is 13.7. The van der Waals surface area contributed by atoms with Crippen LogP contribution in [0.5, 0.6) is 11.5 Å². The normalized spacial score (nSPS) is 10.9. The van der Waals surface area contributed by atoms with Crippen LogP contribution in [0.1, 0.15) is 5.56 Å². The summed E-state index contributed by atoms with van der Waals surface area (Å²) in [7, 11) is 3.08. The van der Waals surface area contributed by atoms with E-state index in [9.17, 15) is 4.39 Å². The summed E-state index contributed by atoms with van der Waals surface area (Å²) in [5, 5.41) is 5.24. The average Bonchev–Trinajstić information content (AvgIpc) is 2.88. The monoisotopic (exact) mass is 286 g/mol. The van der Waals surface area contributed by atoms with E-state index in [1.807, 2.05) is 31.3 Å². The first-order valence-electron chi connectivity index (χ1n) is 6.50. The second-order valence-corrected chi connectivity index (χ2v) is 4.77. The third kappa shape index (κ3) is 2.31.